The van der Waals surface area contributed by atoms with Gasteiger partial charge in [-0.2, -0.15) is 0 Å². The maximum atomic E-state index is 11.6. The largest absolute Gasteiger partial charge is 0.343 e. The number of nitrogens with zero attached hydrogens (tertiary/aromatic N) is 2. The Morgan fingerprint density at radius 1 is 1.29 bits per heavy atom. The van der Waals surface area contributed by atoms with Crippen LogP contribution in [-0.2, 0) is 10.2 Å². The van der Waals surface area contributed by atoms with Crippen LogP contribution in [0.5, 0.6) is 0 Å². The van der Waals surface area contributed by atoms with Crippen LogP contribution >= 0.6 is 0 Å². The fraction of sp³-hybridized carbons (Fsp3) is 0.611. The number of hydrogen-bond donors (Lipinski definition) is 0. The second kappa shape index (κ2) is 5.13. The van der Waals surface area contributed by atoms with Crippen molar-refractivity contribution in [2.45, 2.75) is 44.6 Å². The first-order valence-corrected chi connectivity index (χ1v) is 7.96. The lowest BCUT2D eigenvalue weighted by molar-refractivity contribution is -0.130. The van der Waals surface area contributed by atoms with Gasteiger partial charge < -0.3 is 9.80 Å². The molecule has 1 unspecified atom stereocenters. The second-order valence-corrected chi connectivity index (χ2v) is 7.06. The molecule has 0 N–H and O–H groups in total. The van der Waals surface area contributed by atoms with Crippen LogP contribution in [0.2, 0.25) is 0 Å². The Morgan fingerprint density at radius 3 is 2.52 bits per heavy atom. The number of likely N-dealkylation sites (tertiary alicyclic amines) is 1. The molecule has 0 saturated carbocycles. The summed E-state index contributed by atoms with van der Waals surface area (Å²) in [6.07, 6.45) is 3.41. The van der Waals surface area contributed by atoms with E-state index in [1.54, 1.807) is 12.5 Å². The summed E-state index contributed by atoms with van der Waals surface area (Å²) in [5, 5.41) is 0. The number of fused-ring (bicyclic) bond motifs is 2. The minimum Gasteiger partial charge on any atom is -0.343 e. The predicted molar refractivity (Wildman–Crippen MR) is 85.4 cm³/mol. The van der Waals surface area contributed by atoms with E-state index in [0.29, 0.717) is 6.04 Å². The van der Waals surface area contributed by atoms with E-state index in [-0.39, 0.29) is 11.3 Å². The van der Waals surface area contributed by atoms with Gasteiger partial charge in [0.1, 0.15) is 0 Å². The molecule has 1 aromatic carbocycles. The van der Waals surface area contributed by atoms with Crippen molar-refractivity contribution in [1.82, 2.24) is 9.80 Å². The van der Waals surface area contributed by atoms with Crippen LogP contribution < -0.4 is 0 Å². The SMILES string of the molecule is CC(=O)N1CCC2(CC1)CC(N(C)C)c1ccc(C)cc12. The van der Waals surface area contributed by atoms with E-state index in [2.05, 4.69) is 44.1 Å². The second-order valence-electron chi connectivity index (χ2n) is 7.06. The summed E-state index contributed by atoms with van der Waals surface area (Å²) in [6.45, 7) is 5.68. The Balaban J connectivity index is 1.95. The van der Waals surface area contributed by atoms with E-state index in [0.717, 1.165) is 25.9 Å². The molecule has 1 aliphatic carbocycles. The summed E-state index contributed by atoms with van der Waals surface area (Å²) >= 11 is 0. The molecule has 1 aromatic rings. The molecule has 1 fully saturated rings. The normalized spacial score (nSPS) is 23.7. The first-order valence-electron chi connectivity index (χ1n) is 7.96. The van der Waals surface area contributed by atoms with Gasteiger partial charge in [0.15, 0.2) is 0 Å². The van der Waals surface area contributed by atoms with Gasteiger partial charge in [-0.05, 0) is 51.4 Å². The summed E-state index contributed by atoms with van der Waals surface area (Å²) in [6, 6.07) is 7.47. The van der Waals surface area contributed by atoms with Gasteiger partial charge in [0.05, 0.1) is 0 Å². The van der Waals surface area contributed by atoms with Crippen LogP contribution in [0.3, 0.4) is 0 Å². The molecule has 0 aromatic heterocycles. The van der Waals surface area contributed by atoms with Crippen molar-refractivity contribution in [3.05, 3.63) is 34.9 Å². The van der Waals surface area contributed by atoms with Crippen LogP contribution in [0.1, 0.15) is 48.9 Å². The first kappa shape index (κ1) is 14.6. The van der Waals surface area contributed by atoms with Gasteiger partial charge in [0.2, 0.25) is 5.91 Å². The minimum absolute atomic E-state index is 0.219. The molecule has 3 rings (SSSR count). The number of aryl methyl sites for hydroxylation is 1. The topological polar surface area (TPSA) is 23.6 Å². The lowest BCUT2D eigenvalue weighted by Gasteiger charge is -2.40. The molecule has 1 heterocycles. The smallest absolute Gasteiger partial charge is 0.219 e. The molecule has 2 aliphatic rings. The first-order chi connectivity index (χ1) is 9.93. The number of piperidine rings is 1. The summed E-state index contributed by atoms with van der Waals surface area (Å²) < 4.78 is 0. The third kappa shape index (κ3) is 2.38. The molecule has 1 aliphatic heterocycles. The Bertz CT molecular complexity index is 556. The molecular weight excluding hydrogens is 260 g/mol. The maximum Gasteiger partial charge on any atom is 0.219 e. The zero-order valence-electron chi connectivity index (χ0n) is 13.6. The van der Waals surface area contributed by atoms with Crippen LogP contribution in [0, 0.1) is 6.92 Å². The van der Waals surface area contributed by atoms with Crippen molar-refractivity contribution in [1.29, 1.82) is 0 Å². The Hall–Kier alpha value is -1.35. The van der Waals surface area contributed by atoms with Crippen LogP contribution in [0.4, 0.5) is 0 Å². The highest BCUT2D eigenvalue weighted by molar-refractivity contribution is 5.73. The van der Waals surface area contributed by atoms with Crippen molar-refractivity contribution in [2.75, 3.05) is 27.2 Å². The van der Waals surface area contributed by atoms with Gasteiger partial charge in [-0.15, -0.1) is 0 Å². The van der Waals surface area contributed by atoms with E-state index in [1.165, 1.54) is 17.5 Å². The fourth-order valence-corrected chi connectivity index (χ4v) is 4.19. The molecular formula is C18H26N2O. The van der Waals surface area contributed by atoms with E-state index in [4.69, 9.17) is 0 Å². The van der Waals surface area contributed by atoms with Crippen molar-refractivity contribution in [2.24, 2.45) is 0 Å². The molecule has 3 nitrogen and oxygen atoms in total. The lowest BCUT2D eigenvalue weighted by atomic mass is 9.73. The minimum atomic E-state index is 0.219. The molecule has 1 spiro atoms. The Labute approximate surface area is 127 Å². The van der Waals surface area contributed by atoms with Crippen LogP contribution in [-0.4, -0.2) is 42.9 Å². The zero-order chi connectivity index (χ0) is 15.2. The average molecular weight is 286 g/mol. The van der Waals surface area contributed by atoms with Crippen LogP contribution in [0.15, 0.2) is 18.2 Å². The summed E-state index contributed by atoms with van der Waals surface area (Å²) in [5.41, 5.74) is 4.68. The molecule has 1 amide bonds. The summed E-state index contributed by atoms with van der Waals surface area (Å²) in [7, 11) is 4.36. The highest BCUT2D eigenvalue weighted by Gasteiger charge is 2.46. The molecule has 1 atom stereocenters. The Kier molecular flexibility index (Phi) is 3.56. The average Bonchev–Trinajstić information content (AvgIpc) is 2.74. The number of carbonyl (C=O) groups is 1. The third-order valence-electron chi connectivity index (χ3n) is 5.51. The highest BCUT2D eigenvalue weighted by Crippen LogP contribution is 2.52. The highest BCUT2D eigenvalue weighted by atomic mass is 16.2. The van der Waals surface area contributed by atoms with Gasteiger partial charge >= 0.3 is 0 Å². The van der Waals surface area contributed by atoms with E-state index < -0.39 is 0 Å². The van der Waals surface area contributed by atoms with Gasteiger partial charge in [-0.25, -0.2) is 0 Å². The summed E-state index contributed by atoms with van der Waals surface area (Å²) in [4.78, 5) is 15.9. The number of hydrogen-bond acceptors (Lipinski definition) is 2. The van der Waals surface area contributed by atoms with Crippen molar-refractivity contribution >= 4 is 5.91 Å². The zero-order valence-corrected chi connectivity index (χ0v) is 13.6. The lowest BCUT2D eigenvalue weighted by Crippen LogP contribution is -2.43. The standard InChI is InChI=1S/C18H26N2O/c1-13-5-6-15-16(11-13)18(12-17(15)19(3)4)7-9-20(10-8-18)14(2)21/h5-6,11,17H,7-10,12H2,1-4H3. The summed E-state index contributed by atoms with van der Waals surface area (Å²) in [5.74, 6) is 0.219. The molecule has 0 radical (unpaired) electrons. The predicted octanol–water partition coefficient (Wildman–Crippen LogP) is 2.88. The third-order valence-corrected chi connectivity index (χ3v) is 5.51. The molecule has 1 saturated heterocycles. The number of amides is 1. The van der Waals surface area contributed by atoms with Gasteiger partial charge in [0, 0.05) is 31.5 Å². The van der Waals surface area contributed by atoms with Crippen LogP contribution in [0.25, 0.3) is 0 Å². The fourth-order valence-electron chi connectivity index (χ4n) is 4.19. The number of benzene rings is 1. The molecule has 114 valence electrons. The van der Waals surface area contributed by atoms with Gasteiger partial charge in [-0.3, -0.25) is 4.79 Å². The number of rotatable bonds is 1. The quantitative estimate of drug-likeness (QED) is 0.792. The monoisotopic (exact) mass is 286 g/mol. The van der Waals surface area contributed by atoms with E-state index >= 15 is 0 Å². The number of carbonyl (C=O) groups excluding carboxylic acids is 1. The van der Waals surface area contributed by atoms with Gasteiger partial charge in [-0.1, -0.05) is 23.8 Å². The van der Waals surface area contributed by atoms with Gasteiger partial charge in [0.25, 0.3) is 0 Å². The molecule has 3 heteroatoms. The van der Waals surface area contributed by atoms with Crippen molar-refractivity contribution in [3.63, 3.8) is 0 Å². The molecule has 0 bridgehead atoms. The Morgan fingerprint density at radius 2 is 1.95 bits per heavy atom. The van der Waals surface area contributed by atoms with Crippen molar-refractivity contribution in [3.8, 4) is 0 Å². The molecule has 21 heavy (non-hydrogen) atoms. The van der Waals surface area contributed by atoms with Crippen molar-refractivity contribution < 1.29 is 4.79 Å². The van der Waals surface area contributed by atoms with E-state index in [9.17, 15) is 4.79 Å². The van der Waals surface area contributed by atoms with E-state index in [1.807, 2.05) is 4.90 Å². The maximum absolute atomic E-state index is 11.6.